The molecule has 0 aliphatic heterocycles. The molecule has 0 aliphatic carbocycles. The van der Waals surface area contributed by atoms with Crippen molar-refractivity contribution >= 4 is 23.9 Å². The summed E-state index contributed by atoms with van der Waals surface area (Å²) in [6, 6.07) is 7.99. The average Bonchev–Trinajstić information content (AvgIpc) is 2.30. The summed E-state index contributed by atoms with van der Waals surface area (Å²) in [7, 11) is 0. The van der Waals surface area contributed by atoms with Gasteiger partial charge in [0.05, 0.1) is 6.61 Å². The van der Waals surface area contributed by atoms with Crippen LogP contribution in [0.25, 0.3) is 0 Å². The molecule has 4 heteroatoms. The number of thioether (sulfide) groups is 1. The van der Waals surface area contributed by atoms with E-state index in [2.05, 4.69) is 4.99 Å². The zero-order chi connectivity index (χ0) is 11.8. The molecule has 0 aromatic heterocycles. The lowest BCUT2D eigenvalue weighted by Gasteiger charge is -1.98. The summed E-state index contributed by atoms with van der Waals surface area (Å²) in [5.41, 5.74) is 0.988. The number of hydrogen-bond acceptors (Lipinski definition) is 4. The van der Waals surface area contributed by atoms with Crippen molar-refractivity contribution in [3.05, 3.63) is 29.8 Å². The van der Waals surface area contributed by atoms with Crippen LogP contribution in [0.3, 0.4) is 0 Å². The first-order chi connectivity index (χ1) is 7.76. The Balaban J connectivity index is 2.46. The first-order valence-corrected chi connectivity index (χ1v) is 6.28. The normalized spacial score (nSPS) is 10.6. The van der Waals surface area contributed by atoms with Gasteiger partial charge in [0.1, 0.15) is 6.54 Å². The number of carbonyl (C=O) groups is 1. The predicted molar refractivity (Wildman–Crippen MR) is 67.3 cm³/mol. The van der Waals surface area contributed by atoms with E-state index in [4.69, 9.17) is 4.74 Å². The fraction of sp³-hybridized carbons (Fsp3) is 0.333. The molecule has 0 radical (unpaired) electrons. The molecule has 0 heterocycles. The lowest BCUT2D eigenvalue weighted by atomic mass is 10.2. The third-order valence-electron chi connectivity index (χ3n) is 1.88. The van der Waals surface area contributed by atoms with Crippen LogP contribution in [0.2, 0.25) is 0 Å². The van der Waals surface area contributed by atoms with Gasteiger partial charge in [-0.25, -0.2) is 0 Å². The van der Waals surface area contributed by atoms with Crippen LogP contribution >= 0.6 is 11.8 Å². The van der Waals surface area contributed by atoms with E-state index < -0.39 is 0 Å². The van der Waals surface area contributed by atoms with Crippen molar-refractivity contribution in [2.75, 3.05) is 19.4 Å². The molecule has 16 heavy (non-hydrogen) atoms. The topological polar surface area (TPSA) is 38.7 Å². The SMILES string of the molecule is CCOC(=O)CN=Cc1ccc(SC)cc1. The molecule has 0 amide bonds. The molecule has 0 bridgehead atoms. The molecular formula is C12H15NO2S. The van der Waals surface area contributed by atoms with E-state index in [1.165, 1.54) is 4.90 Å². The predicted octanol–water partition coefficient (Wildman–Crippen LogP) is 2.39. The molecule has 0 atom stereocenters. The molecule has 1 aromatic carbocycles. The molecule has 0 unspecified atom stereocenters. The Morgan fingerprint density at radius 2 is 2.12 bits per heavy atom. The summed E-state index contributed by atoms with van der Waals surface area (Å²) in [6.07, 6.45) is 3.71. The van der Waals surface area contributed by atoms with Crippen molar-refractivity contribution in [1.29, 1.82) is 0 Å². The number of rotatable bonds is 5. The van der Waals surface area contributed by atoms with E-state index in [1.54, 1.807) is 24.9 Å². The van der Waals surface area contributed by atoms with Crippen LogP contribution in [-0.2, 0) is 9.53 Å². The lowest BCUT2D eigenvalue weighted by molar-refractivity contribution is -0.141. The molecule has 1 aromatic rings. The molecule has 1 rings (SSSR count). The summed E-state index contributed by atoms with van der Waals surface area (Å²) in [6.45, 7) is 2.26. The van der Waals surface area contributed by atoms with Gasteiger partial charge in [-0.3, -0.25) is 9.79 Å². The highest BCUT2D eigenvalue weighted by molar-refractivity contribution is 7.98. The zero-order valence-corrected chi connectivity index (χ0v) is 10.3. The third kappa shape index (κ3) is 4.49. The van der Waals surface area contributed by atoms with Crippen LogP contribution in [0, 0.1) is 0 Å². The molecule has 0 spiro atoms. The Kier molecular flexibility index (Phi) is 5.64. The van der Waals surface area contributed by atoms with Crippen molar-refractivity contribution in [2.45, 2.75) is 11.8 Å². The molecular weight excluding hydrogens is 222 g/mol. The van der Waals surface area contributed by atoms with Crippen LogP contribution in [0.4, 0.5) is 0 Å². The van der Waals surface area contributed by atoms with Gasteiger partial charge < -0.3 is 4.74 Å². The number of esters is 1. The van der Waals surface area contributed by atoms with Gasteiger partial charge in [-0.05, 0) is 30.9 Å². The first kappa shape index (κ1) is 12.8. The van der Waals surface area contributed by atoms with Gasteiger partial charge in [0.15, 0.2) is 0 Å². The minimum Gasteiger partial charge on any atom is -0.465 e. The fourth-order valence-electron chi connectivity index (χ4n) is 1.12. The molecule has 86 valence electrons. The van der Waals surface area contributed by atoms with E-state index in [9.17, 15) is 4.79 Å². The van der Waals surface area contributed by atoms with Gasteiger partial charge in [0.2, 0.25) is 0 Å². The number of ether oxygens (including phenoxy) is 1. The van der Waals surface area contributed by atoms with E-state index in [1.807, 2.05) is 30.5 Å². The van der Waals surface area contributed by atoms with E-state index >= 15 is 0 Å². The highest BCUT2D eigenvalue weighted by Crippen LogP contribution is 2.13. The van der Waals surface area contributed by atoms with Crippen LogP contribution in [-0.4, -0.2) is 31.6 Å². The highest BCUT2D eigenvalue weighted by Gasteiger charge is 1.97. The maximum absolute atomic E-state index is 11.0. The number of benzene rings is 1. The molecule has 0 N–H and O–H groups in total. The zero-order valence-electron chi connectivity index (χ0n) is 9.47. The lowest BCUT2D eigenvalue weighted by Crippen LogP contribution is -2.07. The molecule has 0 aliphatic rings. The second-order valence-corrected chi connectivity index (χ2v) is 3.93. The minimum absolute atomic E-state index is 0.0815. The Bertz CT molecular complexity index is 360. The Hall–Kier alpha value is -1.29. The van der Waals surface area contributed by atoms with Crippen LogP contribution in [0.1, 0.15) is 12.5 Å². The molecule has 3 nitrogen and oxygen atoms in total. The largest absolute Gasteiger partial charge is 0.465 e. The van der Waals surface area contributed by atoms with Gasteiger partial charge in [-0.2, -0.15) is 0 Å². The third-order valence-corrected chi connectivity index (χ3v) is 2.63. The molecule has 0 saturated heterocycles. The number of aliphatic imine (C=N–C) groups is 1. The van der Waals surface area contributed by atoms with Crippen molar-refractivity contribution in [1.82, 2.24) is 0 Å². The van der Waals surface area contributed by atoms with Crippen molar-refractivity contribution in [3.8, 4) is 0 Å². The summed E-state index contributed by atoms with van der Waals surface area (Å²) in [5, 5.41) is 0. The van der Waals surface area contributed by atoms with E-state index in [-0.39, 0.29) is 12.5 Å². The fourth-order valence-corrected chi connectivity index (χ4v) is 1.53. The summed E-state index contributed by atoms with van der Waals surface area (Å²) < 4.78 is 4.76. The van der Waals surface area contributed by atoms with Gasteiger partial charge in [-0.1, -0.05) is 12.1 Å². The Morgan fingerprint density at radius 3 is 2.69 bits per heavy atom. The molecule has 0 saturated carbocycles. The molecule has 0 fully saturated rings. The monoisotopic (exact) mass is 237 g/mol. The highest BCUT2D eigenvalue weighted by atomic mass is 32.2. The summed E-state index contributed by atoms with van der Waals surface area (Å²) in [4.78, 5) is 16.2. The first-order valence-electron chi connectivity index (χ1n) is 5.05. The smallest absolute Gasteiger partial charge is 0.327 e. The van der Waals surface area contributed by atoms with Gasteiger partial charge in [0, 0.05) is 11.1 Å². The second kappa shape index (κ2) is 7.06. The minimum atomic E-state index is -0.292. The number of carbonyl (C=O) groups excluding carboxylic acids is 1. The van der Waals surface area contributed by atoms with Crippen LogP contribution < -0.4 is 0 Å². The van der Waals surface area contributed by atoms with Crippen molar-refractivity contribution < 1.29 is 9.53 Å². The Labute approximate surface area is 99.9 Å². The van der Waals surface area contributed by atoms with Crippen LogP contribution in [0.5, 0.6) is 0 Å². The average molecular weight is 237 g/mol. The van der Waals surface area contributed by atoms with Crippen molar-refractivity contribution in [3.63, 3.8) is 0 Å². The van der Waals surface area contributed by atoms with Gasteiger partial charge >= 0.3 is 5.97 Å². The van der Waals surface area contributed by atoms with Crippen molar-refractivity contribution in [2.24, 2.45) is 4.99 Å². The Morgan fingerprint density at radius 1 is 1.44 bits per heavy atom. The summed E-state index contributed by atoms with van der Waals surface area (Å²) >= 11 is 1.69. The van der Waals surface area contributed by atoms with Crippen LogP contribution in [0.15, 0.2) is 34.2 Å². The van der Waals surface area contributed by atoms with Gasteiger partial charge in [-0.15, -0.1) is 11.8 Å². The quantitative estimate of drug-likeness (QED) is 0.448. The maximum Gasteiger partial charge on any atom is 0.327 e. The number of nitrogens with zero attached hydrogens (tertiary/aromatic N) is 1. The standard InChI is InChI=1S/C12H15NO2S/c1-3-15-12(14)9-13-8-10-4-6-11(16-2)7-5-10/h4-8H,3,9H2,1-2H3. The second-order valence-electron chi connectivity index (χ2n) is 3.05. The van der Waals surface area contributed by atoms with Gasteiger partial charge in [0.25, 0.3) is 0 Å². The van der Waals surface area contributed by atoms with E-state index in [0.717, 1.165) is 5.56 Å². The van der Waals surface area contributed by atoms with E-state index in [0.29, 0.717) is 6.61 Å². The number of hydrogen-bond donors (Lipinski definition) is 0. The summed E-state index contributed by atoms with van der Waals surface area (Å²) in [5.74, 6) is -0.292. The maximum atomic E-state index is 11.0.